The summed E-state index contributed by atoms with van der Waals surface area (Å²) in [5, 5.41) is 15.3. The van der Waals surface area contributed by atoms with E-state index in [4.69, 9.17) is 0 Å². The summed E-state index contributed by atoms with van der Waals surface area (Å²) in [4.78, 5) is 17.4. The van der Waals surface area contributed by atoms with Gasteiger partial charge in [0, 0.05) is 23.6 Å². The summed E-state index contributed by atoms with van der Waals surface area (Å²) in [6.45, 7) is 0. The zero-order valence-electron chi connectivity index (χ0n) is 21.7. The van der Waals surface area contributed by atoms with Crippen molar-refractivity contribution in [3.05, 3.63) is 42.1 Å². The highest BCUT2D eigenvalue weighted by Gasteiger charge is 2.53. The number of hydrogen-bond acceptors (Lipinski definition) is 3. The van der Waals surface area contributed by atoms with E-state index in [0.717, 1.165) is 36.9 Å². The fourth-order valence-corrected chi connectivity index (χ4v) is 9.49. The lowest BCUT2D eigenvalue weighted by Gasteiger charge is -2.57. The molecule has 1 amide bonds. The van der Waals surface area contributed by atoms with Crippen LogP contribution in [0.4, 0.5) is 4.39 Å². The molecule has 7 rings (SSSR count). The van der Waals surface area contributed by atoms with Crippen molar-refractivity contribution in [2.75, 3.05) is 0 Å². The smallest absolute Gasteiger partial charge is 0.220 e. The van der Waals surface area contributed by atoms with Crippen LogP contribution in [0, 0.1) is 41.3 Å². The fraction of sp³-hybridized carbons (Fsp3) is 0.677. The van der Waals surface area contributed by atoms with Gasteiger partial charge in [-0.2, -0.15) is 0 Å². The largest absolute Gasteiger partial charge is 0.393 e. The molecule has 2 aromatic rings. The number of amides is 1. The van der Waals surface area contributed by atoms with E-state index in [-0.39, 0.29) is 29.7 Å². The first kappa shape index (κ1) is 23.9. The quantitative estimate of drug-likeness (QED) is 0.516. The highest BCUT2D eigenvalue weighted by molar-refractivity contribution is 5.76. The molecule has 6 heteroatoms. The van der Waals surface area contributed by atoms with Gasteiger partial charge in [-0.1, -0.05) is 31.4 Å². The normalized spacial score (nSPS) is 35.1. The summed E-state index contributed by atoms with van der Waals surface area (Å²) >= 11 is 0. The second-order valence-electron chi connectivity index (χ2n) is 12.9. The van der Waals surface area contributed by atoms with Gasteiger partial charge in [0.05, 0.1) is 30.4 Å². The third-order valence-corrected chi connectivity index (χ3v) is 10.9. The van der Waals surface area contributed by atoms with Crippen LogP contribution in [-0.4, -0.2) is 32.7 Å². The van der Waals surface area contributed by atoms with Crippen LogP contribution in [0.15, 0.2) is 30.7 Å². The van der Waals surface area contributed by atoms with Crippen LogP contribution in [0.3, 0.4) is 0 Å². The number of imidazole rings is 1. The van der Waals surface area contributed by atoms with Gasteiger partial charge in [-0.05, 0) is 92.9 Å². The summed E-state index contributed by atoms with van der Waals surface area (Å²) in [6.07, 6.45) is 16.3. The van der Waals surface area contributed by atoms with E-state index < -0.39 is 6.10 Å². The van der Waals surface area contributed by atoms with Gasteiger partial charge in [0.1, 0.15) is 5.82 Å². The molecule has 4 fully saturated rings. The van der Waals surface area contributed by atoms with Crippen LogP contribution < -0.4 is 5.32 Å². The average Bonchev–Trinajstić information content (AvgIpc) is 3.46. The van der Waals surface area contributed by atoms with E-state index in [1.165, 1.54) is 44.6 Å². The Hall–Kier alpha value is -2.21. The molecule has 8 atom stereocenters. The lowest BCUT2D eigenvalue weighted by atomic mass is 9.50. The summed E-state index contributed by atoms with van der Waals surface area (Å²) < 4.78 is 17.1. The lowest BCUT2D eigenvalue weighted by Crippen LogP contribution is -2.57. The number of fused-ring (bicyclic) bond motifs is 5. The van der Waals surface area contributed by atoms with Gasteiger partial charge in [0.2, 0.25) is 5.91 Å². The number of aliphatic hydroxyl groups is 1. The van der Waals surface area contributed by atoms with Gasteiger partial charge in [0.25, 0.3) is 0 Å². The molecule has 5 nitrogen and oxygen atoms in total. The van der Waals surface area contributed by atoms with Crippen molar-refractivity contribution in [1.82, 2.24) is 14.9 Å². The first-order valence-corrected chi connectivity index (χ1v) is 14.8. The van der Waals surface area contributed by atoms with Crippen LogP contribution >= 0.6 is 0 Å². The van der Waals surface area contributed by atoms with Crippen LogP contribution in [0.1, 0.15) is 88.7 Å². The molecule has 1 aromatic carbocycles. The molecule has 1 aromatic heterocycles. The summed E-state index contributed by atoms with van der Waals surface area (Å²) in [5.41, 5.74) is 2.54. The summed E-state index contributed by atoms with van der Waals surface area (Å²) in [6, 6.07) is 5.30. The average molecular weight is 506 g/mol. The molecule has 37 heavy (non-hydrogen) atoms. The monoisotopic (exact) mass is 505 g/mol. The van der Waals surface area contributed by atoms with Gasteiger partial charge >= 0.3 is 0 Å². The van der Waals surface area contributed by atoms with Crippen molar-refractivity contribution in [2.45, 2.75) is 95.2 Å². The Morgan fingerprint density at radius 1 is 1.11 bits per heavy atom. The van der Waals surface area contributed by atoms with E-state index in [1.807, 2.05) is 6.07 Å². The Bertz CT molecular complexity index is 1160. The van der Waals surface area contributed by atoms with E-state index in [1.54, 1.807) is 18.6 Å². The maximum Gasteiger partial charge on any atom is 0.220 e. The molecule has 4 aliphatic carbocycles. The van der Waals surface area contributed by atoms with Crippen LogP contribution in [0.2, 0.25) is 0 Å². The van der Waals surface area contributed by atoms with Crippen molar-refractivity contribution in [1.29, 1.82) is 0 Å². The molecule has 2 N–H and O–H groups in total. The van der Waals surface area contributed by atoms with Gasteiger partial charge < -0.3 is 15.0 Å². The summed E-state index contributed by atoms with van der Waals surface area (Å²) in [5.74, 6) is 2.95. The SMILES string of the molecule is O=C(CC1CCCCC1)NC1CC2CC3CCC1C(C2)C3C(O)CC1c2c(F)cccc2-c2cncn21. The van der Waals surface area contributed by atoms with Crippen molar-refractivity contribution in [2.24, 2.45) is 35.5 Å². The molecule has 8 unspecified atom stereocenters. The maximum absolute atomic E-state index is 15.0. The second kappa shape index (κ2) is 9.52. The van der Waals surface area contributed by atoms with Crippen molar-refractivity contribution >= 4 is 5.91 Å². The second-order valence-corrected chi connectivity index (χ2v) is 12.9. The van der Waals surface area contributed by atoms with E-state index in [0.29, 0.717) is 48.0 Å². The standard InChI is InChI=1S/C31H40FN3O2/c32-24-8-4-7-22-27-16-33-17-35(27)26(31(22)24)15-28(36)30-20-9-10-21-23(30)12-19(11-20)13-25(21)34-29(37)14-18-5-2-1-3-6-18/h4,7-8,16-21,23,25-26,28,30,36H,1-3,5-6,9-15H2,(H,34,37). The first-order valence-electron chi connectivity index (χ1n) is 14.8. The van der Waals surface area contributed by atoms with Crippen molar-refractivity contribution in [3.63, 3.8) is 0 Å². The lowest BCUT2D eigenvalue weighted by molar-refractivity contribution is -0.128. The molecular formula is C31H40FN3O2. The fourth-order valence-electron chi connectivity index (χ4n) is 9.49. The zero-order valence-corrected chi connectivity index (χ0v) is 21.7. The number of nitrogens with zero attached hydrogens (tertiary/aromatic N) is 2. The Morgan fingerprint density at radius 2 is 1.97 bits per heavy atom. The molecule has 0 radical (unpaired) electrons. The third kappa shape index (κ3) is 4.14. The number of aromatic nitrogens is 2. The molecule has 5 aliphatic rings. The van der Waals surface area contributed by atoms with Gasteiger partial charge in [-0.3, -0.25) is 4.79 Å². The van der Waals surface area contributed by atoms with E-state index in [2.05, 4.69) is 14.9 Å². The number of hydrogen-bond donors (Lipinski definition) is 2. The number of rotatable bonds is 6. The van der Waals surface area contributed by atoms with E-state index in [9.17, 15) is 9.90 Å². The molecule has 4 saturated carbocycles. The predicted octanol–water partition coefficient (Wildman–Crippen LogP) is 5.87. The molecule has 198 valence electrons. The van der Waals surface area contributed by atoms with Crippen molar-refractivity contribution in [3.8, 4) is 11.3 Å². The number of aliphatic hydroxyl groups excluding tert-OH is 1. The predicted molar refractivity (Wildman–Crippen MR) is 140 cm³/mol. The highest BCUT2D eigenvalue weighted by atomic mass is 19.1. The first-order chi connectivity index (χ1) is 18.1. The third-order valence-electron chi connectivity index (χ3n) is 10.9. The topological polar surface area (TPSA) is 67.2 Å². The maximum atomic E-state index is 15.0. The van der Waals surface area contributed by atoms with Crippen LogP contribution in [0.5, 0.6) is 0 Å². The number of halogens is 1. The summed E-state index contributed by atoms with van der Waals surface area (Å²) in [7, 11) is 0. The minimum atomic E-state index is -0.485. The molecule has 3 bridgehead atoms. The van der Waals surface area contributed by atoms with Gasteiger partial charge in [0.15, 0.2) is 0 Å². The number of benzene rings is 1. The van der Waals surface area contributed by atoms with Gasteiger partial charge in [-0.25, -0.2) is 9.37 Å². The van der Waals surface area contributed by atoms with E-state index >= 15 is 4.39 Å². The molecule has 0 saturated heterocycles. The number of carbonyl (C=O) groups excluding carboxylic acids is 1. The van der Waals surface area contributed by atoms with Crippen molar-refractivity contribution < 1.29 is 14.3 Å². The Morgan fingerprint density at radius 3 is 2.84 bits per heavy atom. The van der Waals surface area contributed by atoms with Gasteiger partial charge in [-0.15, -0.1) is 0 Å². The molecular weight excluding hydrogens is 465 g/mol. The molecule has 1 aliphatic heterocycles. The number of nitrogens with one attached hydrogen (secondary N) is 1. The Balaban J connectivity index is 1.08. The zero-order chi connectivity index (χ0) is 25.1. The molecule has 2 heterocycles. The Kier molecular flexibility index (Phi) is 6.14. The minimum absolute atomic E-state index is 0.193. The minimum Gasteiger partial charge on any atom is -0.393 e. The van der Waals surface area contributed by atoms with Crippen LogP contribution in [0.25, 0.3) is 11.3 Å². The molecule has 0 spiro atoms. The number of carbonyl (C=O) groups is 1. The van der Waals surface area contributed by atoms with Crippen LogP contribution in [-0.2, 0) is 4.79 Å². The Labute approximate surface area is 219 Å². The highest BCUT2D eigenvalue weighted by Crippen LogP contribution is 2.57.